The van der Waals surface area contributed by atoms with Gasteiger partial charge in [0.25, 0.3) is 10.2 Å². The van der Waals surface area contributed by atoms with Crippen LogP contribution in [-0.2, 0) is 10.2 Å². The second-order valence-electron chi connectivity index (χ2n) is 5.17. The van der Waals surface area contributed by atoms with E-state index in [9.17, 15) is 8.42 Å². The molecule has 0 radical (unpaired) electrons. The predicted octanol–water partition coefficient (Wildman–Crippen LogP) is 0.503. The molecule has 17 heavy (non-hydrogen) atoms. The highest BCUT2D eigenvalue weighted by molar-refractivity contribution is 7.86. The first kappa shape index (κ1) is 14.9. The van der Waals surface area contributed by atoms with Crippen LogP contribution in [0.15, 0.2) is 0 Å². The van der Waals surface area contributed by atoms with E-state index < -0.39 is 10.2 Å². The second kappa shape index (κ2) is 6.13. The molecule has 1 aliphatic heterocycles. The van der Waals surface area contributed by atoms with Crippen LogP contribution in [0.2, 0.25) is 0 Å². The minimum Gasteiger partial charge on any atom is -0.316 e. The Bertz CT molecular complexity index is 330. The van der Waals surface area contributed by atoms with Crippen molar-refractivity contribution in [1.29, 1.82) is 0 Å². The van der Waals surface area contributed by atoms with Crippen LogP contribution in [0.1, 0.15) is 26.7 Å². The van der Waals surface area contributed by atoms with Crippen LogP contribution in [0.25, 0.3) is 0 Å². The molecule has 0 amide bonds. The van der Waals surface area contributed by atoms with Crippen LogP contribution in [0.4, 0.5) is 0 Å². The van der Waals surface area contributed by atoms with Gasteiger partial charge in [0.1, 0.15) is 0 Å². The summed E-state index contributed by atoms with van der Waals surface area (Å²) in [5.41, 5.74) is 0. The molecule has 1 unspecified atom stereocenters. The number of hydrogen-bond donors (Lipinski definition) is 1. The summed E-state index contributed by atoms with van der Waals surface area (Å²) < 4.78 is 27.7. The summed E-state index contributed by atoms with van der Waals surface area (Å²) in [7, 11) is 0.279. The van der Waals surface area contributed by atoms with Crippen molar-refractivity contribution in [3.05, 3.63) is 0 Å². The Morgan fingerprint density at radius 2 is 2.12 bits per heavy atom. The highest BCUT2D eigenvalue weighted by Gasteiger charge is 2.31. The predicted molar refractivity (Wildman–Crippen MR) is 70.0 cm³/mol. The third kappa shape index (κ3) is 3.91. The van der Waals surface area contributed by atoms with E-state index in [0.717, 1.165) is 12.8 Å². The number of nitrogens with one attached hydrogen (secondary N) is 1. The van der Waals surface area contributed by atoms with E-state index in [4.69, 9.17) is 0 Å². The summed E-state index contributed by atoms with van der Waals surface area (Å²) in [4.78, 5) is 0. The van der Waals surface area contributed by atoms with Crippen molar-refractivity contribution in [2.45, 2.75) is 32.7 Å². The molecular formula is C11H25N3O2S. The Balaban J connectivity index is 2.69. The van der Waals surface area contributed by atoms with E-state index in [1.54, 1.807) is 11.4 Å². The first-order valence-corrected chi connectivity index (χ1v) is 7.66. The van der Waals surface area contributed by atoms with Crippen molar-refractivity contribution in [2.75, 3.05) is 33.7 Å². The largest absolute Gasteiger partial charge is 0.316 e. The van der Waals surface area contributed by atoms with E-state index in [0.29, 0.717) is 25.6 Å². The quantitative estimate of drug-likeness (QED) is 0.786. The minimum absolute atomic E-state index is 0.283. The number of hydrogen-bond acceptors (Lipinski definition) is 3. The summed E-state index contributed by atoms with van der Waals surface area (Å²) in [6, 6.07) is 0.283. The van der Waals surface area contributed by atoms with E-state index in [1.807, 2.05) is 20.9 Å². The van der Waals surface area contributed by atoms with Gasteiger partial charge in [0, 0.05) is 32.7 Å². The molecule has 1 rings (SSSR count). The molecule has 1 atom stereocenters. The molecular weight excluding hydrogens is 238 g/mol. The molecule has 0 aliphatic carbocycles. The van der Waals surface area contributed by atoms with Crippen LogP contribution < -0.4 is 5.32 Å². The molecule has 0 bridgehead atoms. The Kier molecular flexibility index (Phi) is 5.37. The van der Waals surface area contributed by atoms with Crippen LogP contribution in [0, 0.1) is 5.92 Å². The Morgan fingerprint density at radius 1 is 1.47 bits per heavy atom. The summed E-state index contributed by atoms with van der Waals surface area (Å²) in [5.74, 6) is 0.347. The van der Waals surface area contributed by atoms with Crippen molar-refractivity contribution >= 4 is 10.2 Å². The molecule has 1 aliphatic rings. The molecule has 1 N–H and O–H groups in total. The topological polar surface area (TPSA) is 52.7 Å². The molecule has 1 fully saturated rings. The van der Waals surface area contributed by atoms with Gasteiger partial charge in [0.05, 0.1) is 0 Å². The molecule has 102 valence electrons. The van der Waals surface area contributed by atoms with Gasteiger partial charge in [0.2, 0.25) is 0 Å². The van der Waals surface area contributed by atoms with Gasteiger partial charge in [0.15, 0.2) is 0 Å². The summed E-state index contributed by atoms with van der Waals surface area (Å²) in [6.45, 7) is 5.85. The number of rotatable bonds is 5. The molecule has 1 heterocycles. The smallest absolute Gasteiger partial charge is 0.281 e. The van der Waals surface area contributed by atoms with E-state index in [1.165, 1.54) is 4.31 Å². The Labute approximate surface area is 105 Å². The lowest BCUT2D eigenvalue weighted by molar-refractivity contribution is 0.270. The lowest BCUT2D eigenvalue weighted by Crippen LogP contribution is -2.51. The van der Waals surface area contributed by atoms with Gasteiger partial charge in [-0.25, -0.2) is 0 Å². The number of likely N-dealkylation sites (N-methyl/N-ethyl adjacent to an activating group) is 1. The lowest BCUT2D eigenvalue weighted by atomic mass is 10.1. The van der Waals surface area contributed by atoms with Gasteiger partial charge in [-0.05, 0) is 25.8 Å². The van der Waals surface area contributed by atoms with Crippen LogP contribution in [-0.4, -0.2) is 56.8 Å². The Morgan fingerprint density at radius 3 is 2.65 bits per heavy atom. The highest BCUT2D eigenvalue weighted by atomic mass is 32.2. The van der Waals surface area contributed by atoms with Crippen molar-refractivity contribution in [3.63, 3.8) is 0 Å². The molecule has 1 saturated heterocycles. The average Bonchev–Trinajstić information content (AvgIpc) is 2.28. The van der Waals surface area contributed by atoms with Crippen LogP contribution in [0.3, 0.4) is 0 Å². The normalized spacial score (nSPS) is 23.5. The zero-order valence-electron chi connectivity index (χ0n) is 11.3. The third-order valence-corrected chi connectivity index (χ3v) is 5.06. The maximum atomic E-state index is 12.3. The van der Waals surface area contributed by atoms with E-state index in [-0.39, 0.29) is 6.04 Å². The van der Waals surface area contributed by atoms with Gasteiger partial charge in [-0.15, -0.1) is 0 Å². The van der Waals surface area contributed by atoms with Crippen molar-refractivity contribution in [2.24, 2.45) is 5.92 Å². The van der Waals surface area contributed by atoms with E-state index in [2.05, 4.69) is 5.32 Å². The zero-order chi connectivity index (χ0) is 13.1. The van der Waals surface area contributed by atoms with Gasteiger partial charge in [-0.3, -0.25) is 0 Å². The van der Waals surface area contributed by atoms with Crippen LogP contribution >= 0.6 is 0 Å². The molecule has 0 aromatic rings. The number of piperidine rings is 1. The maximum Gasteiger partial charge on any atom is 0.281 e. The Hall–Kier alpha value is -0.170. The molecule has 0 aromatic heterocycles. The van der Waals surface area contributed by atoms with E-state index >= 15 is 0 Å². The third-order valence-electron chi connectivity index (χ3n) is 3.13. The van der Waals surface area contributed by atoms with Gasteiger partial charge >= 0.3 is 0 Å². The SMILES string of the molecule is CNC1CCCN(S(=O)(=O)N(C)CC(C)C)C1. The summed E-state index contributed by atoms with van der Waals surface area (Å²) in [6.07, 6.45) is 1.98. The highest BCUT2D eigenvalue weighted by Crippen LogP contribution is 2.16. The first-order chi connectivity index (χ1) is 7.87. The van der Waals surface area contributed by atoms with Crippen molar-refractivity contribution < 1.29 is 8.42 Å². The fourth-order valence-electron chi connectivity index (χ4n) is 2.19. The molecule has 5 nitrogen and oxygen atoms in total. The maximum absolute atomic E-state index is 12.3. The van der Waals surface area contributed by atoms with Crippen LogP contribution in [0.5, 0.6) is 0 Å². The van der Waals surface area contributed by atoms with Gasteiger partial charge in [-0.1, -0.05) is 13.8 Å². The molecule has 0 spiro atoms. The monoisotopic (exact) mass is 263 g/mol. The summed E-state index contributed by atoms with van der Waals surface area (Å²) in [5, 5.41) is 3.16. The average molecular weight is 263 g/mol. The van der Waals surface area contributed by atoms with Crippen molar-refractivity contribution in [3.8, 4) is 0 Å². The minimum atomic E-state index is -3.27. The standard InChI is InChI=1S/C11H25N3O2S/c1-10(2)8-13(4)17(15,16)14-7-5-6-11(9-14)12-3/h10-12H,5-9H2,1-4H3. The van der Waals surface area contributed by atoms with Gasteiger partial charge in [-0.2, -0.15) is 17.0 Å². The zero-order valence-corrected chi connectivity index (χ0v) is 12.1. The molecule has 6 heteroatoms. The summed E-state index contributed by atoms with van der Waals surface area (Å²) >= 11 is 0. The van der Waals surface area contributed by atoms with Crippen molar-refractivity contribution in [1.82, 2.24) is 13.9 Å². The molecule has 0 saturated carbocycles. The molecule has 0 aromatic carbocycles. The lowest BCUT2D eigenvalue weighted by Gasteiger charge is -2.34. The number of nitrogens with zero attached hydrogens (tertiary/aromatic N) is 2. The van der Waals surface area contributed by atoms with Gasteiger partial charge < -0.3 is 5.32 Å². The fourth-order valence-corrected chi connectivity index (χ4v) is 3.80. The first-order valence-electron chi connectivity index (χ1n) is 6.26. The fraction of sp³-hybridized carbons (Fsp3) is 1.00. The second-order valence-corrected chi connectivity index (χ2v) is 7.20.